The first-order valence-electron chi connectivity index (χ1n) is 2.90. The van der Waals surface area contributed by atoms with Crippen molar-refractivity contribution < 1.29 is 9.66 Å². The van der Waals surface area contributed by atoms with Crippen LogP contribution in [0, 0.1) is 17.2 Å². The molecule has 1 rings (SSSR count). The third kappa shape index (κ3) is 1.67. The van der Waals surface area contributed by atoms with Crippen LogP contribution in [0.15, 0.2) is 24.3 Å². The first-order valence-corrected chi connectivity index (χ1v) is 2.90. The minimum atomic E-state index is -0.465. The lowest BCUT2D eigenvalue weighted by Crippen LogP contribution is -1.86. The molecule has 0 aliphatic carbocycles. The molecular weight excluding hydrogens is 146 g/mol. The van der Waals surface area contributed by atoms with E-state index in [9.17, 15) is 10.1 Å². The zero-order chi connectivity index (χ0) is 8.27. The van der Waals surface area contributed by atoms with Crippen LogP contribution in [-0.2, 0) is 0 Å². The molecule has 0 unspecified atom stereocenters. The average molecular weight is 152 g/mol. The van der Waals surface area contributed by atoms with Gasteiger partial charge in [0.05, 0.1) is 4.92 Å². The maximum absolute atomic E-state index is 10.1. The van der Waals surface area contributed by atoms with Crippen LogP contribution >= 0.6 is 0 Å². The molecule has 1 radical (unpaired) electrons. The summed E-state index contributed by atoms with van der Waals surface area (Å²) >= 11 is 0. The summed E-state index contributed by atoms with van der Waals surface area (Å²) in [7, 11) is 3.16. The van der Waals surface area contributed by atoms with Crippen LogP contribution in [0.25, 0.3) is 0 Å². The molecule has 1 aromatic rings. The van der Waals surface area contributed by atoms with Crippen molar-refractivity contribution in [2.75, 3.05) is 0 Å². The summed E-state index contributed by atoms with van der Waals surface area (Å²) in [6.45, 7) is 0. The Balaban J connectivity index is 2.91. The molecule has 0 heterocycles. The molecule has 0 spiro atoms. The summed E-state index contributed by atoms with van der Waals surface area (Å²) in [6.07, 6.45) is 0. The van der Waals surface area contributed by atoms with E-state index in [-0.39, 0.29) is 5.69 Å². The van der Waals surface area contributed by atoms with E-state index < -0.39 is 4.92 Å². The molecule has 4 heteroatoms. The fourth-order valence-corrected chi connectivity index (χ4v) is 0.664. The van der Waals surface area contributed by atoms with E-state index in [1.807, 2.05) is 0 Å². The molecular formula is C7H6NO3. The van der Waals surface area contributed by atoms with Crippen molar-refractivity contribution >= 4 is 5.69 Å². The predicted octanol–water partition coefficient (Wildman–Crippen LogP) is 1.77. The molecule has 0 fully saturated rings. The smallest absolute Gasteiger partial charge is 0.269 e. The number of benzene rings is 1. The normalized spacial score (nSPS) is 9.18. The van der Waals surface area contributed by atoms with Crippen LogP contribution in [0.2, 0.25) is 0 Å². The largest absolute Gasteiger partial charge is 0.490 e. The van der Waals surface area contributed by atoms with Gasteiger partial charge < -0.3 is 4.74 Å². The van der Waals surface area contributed by atoms with E-state index >= 15 is 0 Å². The highest BCUT2D eigenvalue weighted by atomic mass is 16.6. The zero-order valence-electron chi connectivity index (χ0n) is 5.69. The van der Waals surface area contributed by atoms with E-state index in [0.29, 0.717) is 5.75 Å². The summed E-state index contributed by atoms with van der Waals surface area (Å²) < 4.78 is 4.58. The topological polar surface area (TPSA) is 52.4 Å². The van der Waals surface area contributed by atoms with Gasteiger partial charge in [-0.1, -0.05) is 0 Å². The maximum atomic E-state index is 10.1. The molecule has 0 amide bonds. The Morgan fingerprint density at radius 3 is 2.27 bits per heavy atom. The number of hydrogen-bond acceptors (Lipinski definition) is 3. The van der Waals surface area contributed by atoms with E-state index in [1.54, 1.807) is 0 Å². The molecule has 0 aromatic heterocycles. The molecule has 0 saturated carbocycles. The van der Waals surface area contributed by atoms with Crippen molar-refractivity contribution in [2.45, 2.75) is 0 Å². The Hall–Kier alpha value is -1.58. The van der Waals surface area contributed by atoms with Gasteiger partial charge in [-0.05, 0) is 12.1 Å². The number of nitro groups is 1. The van der Waals surface area contributed by atoms with Crippen molar-refractivity contribution in [3.8, 4) is 5.75 Å². The number of ether oxygens (including phenoxy) is 1. The van der Waals surface area contributed by atoms with Gasteiger partial charge in [0.2, 0.25) is 0 Å². The van der Waals surface area contributed by atoms with E-state index in [0.717, 1.165) is 0 Å². The fraction of sp³-hybridized carbons (Fsp3) is 0. The van der Waals surface area contributed by atoms with Gasteiger partial charge in [0.15, 0.2) is 0 Å². The van der Waals surface area contributed by atoms with E-state index in [2.05, 4.69) is 11.8 Å². The molecule has 11 heavy (non-hydrogen) atoms. The fourth-order valence-electron chi connectivity index (χ4n) is 0.664. The van der Waals surface area contributed by atoms with Crippen LogP contribution in [0.1, 0.15) is 0 Å². The van der Waals surface area contributed by atoms with Crippen LogP contribution < -0.4 is 4.74 Å². The SMILES string of the molecule is [CH2]Oc1ccc([N+](=O)[O-])cc1. The van der Waals surface area contributed by atoms with Crippen LogP contribution in [0.5, 0.6) is 5.75 Å². The van der Waals surface area contributed by atoms with Gasteiger partial charge in [-0.15, -0.1) is 0 Å². The predicted molar refractivity (Wildman–Crippen MR) is 39.1 cm³/mol. The van der Waals surface area contributed by atoms with E-state index in [4.69, 9.17) is 0 Å². The van der Waals surface area contributed by atoms with Crippen molar-refractivity contribution in [1.82, 2.24) is 0 Å². The molecule has 0 atom stereocenters. The Labute approximate surface area is 63.6 Å². The highest BCUT2D eigenvalue weighted by molar-refractivity contribution is 5.35. The lowest BCUT2D eigenvalue weighted by Gasteiger charge is -1.95. The monoisotopic (exact) mass is 152 g/mol. The molecule has 0 aliphatic rings. The third-order valence-corrected chi connectivity index (χ3v) is 1.21. The van der Waals surface area contributed by atoms with Gasteiger partial charge in [-0.3, -0.25) is 10.1 Å². The molecule has 57 valence electrons. The molecule has 0 bridgehead atoms. The van der Waals surface area contributed by atoms with Crippen LogP contribution in [0.4, 0.5) is 5.69 Å². The standard InChI is InChI=1S/C7H6NO3/c1-11-7-4-2-6(3-5-7)8(9)10/h2-5H,1H2. The molecule has 0 N–H and O–H groups in total. The summed E-state index contributed by atoms with van der Waals surface area (Å²) in [5.74, 6) is 0.510. The van der Waals surface area contributed by atoms with Gasteiger partial charge in [-0.25, -0.2) is 0 Å². The summed E-state index contributed by atoms with van der Waals surface area (Å²) in [5, 5.41) is 10.1. The Morgan fingerprint density at radius 2 is 1.91 bits per heavy atom. The van der Waals surface area contributed by atoms with Crippen LogP contribution in [-0.4, -0.2) is 4.92 Å². The molecule has 0 saturated heterocycles. The molecule has 4 nitrogen and oxygen atoms in total. The average Bonchev–Trinajstić information content (AvgIpc) is 2.05. The second-order valence-corrected chi connectivity index (χ2v) is 1.90. The summed E-state index contributed by atoms with van der Waals surface area (Å²) in [6, 6.07) is 5.71. The van der Waals surface area contributed by atoms with Gasteiger partial charge in [0.1, 0.15) is 12.9 Å². The number of rotatable bonds is 2. The number of hydrogen-bond donors (Lipinski definition) is 0. The minimum absolute atomic E-state index is 0.0470. The Kier molecular flexibility index (Phi) is 2.06. The second-order valence-electron chi connectivity index (χ2n) is 1.90. The Bertz CT molecular complexity index is 255. The van der Waals surface area contributed by atoms with Gasteiger partial charge in [-0.2, -0.15) is 0 Å². The van der Waals surface area contributed by atoms with Gasteiger partial charge in [0, 0.05) is 12.1 Å². The third-order valence-electron chi connectivity index (χ3n) is 1.21. The zero-order valence-corrected chi connectivity index (χ0v) is 5.69. The summed E-state index contributed by atoms with van der Waals surface area (Å²) in [4.78, 5) is 9.68. The summed E-state index contributed by atoms with van der Waals surface area (Å²) in [5.41, 5.74) is 0.0470. The first kappa shape index (κ1) is 7.53. The number of nitro benzene ring substituents is 1. The number of non-ortho nitro benzene ring substituents is 1. The van der Waals surface area contributed by atoms with Gasteiger partial charge >= 0.3 is 0 Å². The molecule has 0 aliphatic heterocycles. The van der Waals surface area contributed by atoms with Crippen molar-refractivity contribution in [3.05, 3.63) is 41.5 Å². The van der Waals surface area contributed by atoms with Crippen LogP contribution in [0.3, 0.4) is 0 Å². The number of nitrogens with zero attached hydrogens (tertiary/aromatic N) is 1. The highest BCUT2D eigenvalue weighted by Crippen LogP contribution is 2.16. The Morgan fingerprint density at radius 1 is 1.36 bits per heavy atom. The van der Waals surface area contributed by atoms with Gasteiger partial charge in [0.25, 0.3) is 5.69 Å². The minimum Gasteiger partial charge on any atom is -0.490 e. The van der Waals surface area contributed by atoms with Crippen molar-refractivity contribution in [1.29, 1.82) is 0 Å². The quantitative estimate of drug-likeness (QED) is 0.479. The maximum Gasteiger partial charge on any atom is 0.269 e. The first-order chi connectivity index (χ1) is 5.24. The molecule has 1 aromatic carbocycles. The van der Waals surface area contributed by atoms with Crippen molar-refractivity contribution in [3.63, 3.8) is 0 Å². The van der Waals surface area contributed by atoms with Crippen molar-refractivity contribution in [2.24, 2.45) is 0 Å². The highest BCUT2D eigenvalue weighted by Gasteiger charge is 2.02. The second kappa shape index (κ2) is 3.01. The van der Waals surface area contributed by atoms with E-state index in [1.165, 1.54) is 24.3 Å². The lowest BCUT2D eigenvalue weighted by molar-refractivity contribution is -0.384. The lowest BCUT2D eigenvalue weighted by atomic mass is 10.3.